The molecule has 0 aliphatic carbocycles. The van der Waals surface area contributed by atoms with Gasteiger partial charge in [-0.15, -0.1) is 0 Å². The molecule has 0 radical (unpaired) electrons. The van der Waals surface area contributed by atoms with E-state index in [0.29, 0.717) is 13.0 Å². The van der Waals surface area contributed by atoms with E-state index in [9.17, 15) is 9.59 Å². The molecule has 1 saturated heterocycles. The minimum absolute atomic E-state index is 0.137. The predicted molar refractivity (Wildman–Crippen MR) is 126 cm³/mol. The van der Waals surface area contributed by atoms with Gasteiger partial charge >= 0.3 is 6.09 Å². The average Bonchev–Trinajstić information content (AvgIpc) is 3.22. The Kier molecular flexibility index (Phi) is 7.88. The summed E-state index contributed by atoms with van der Waals surface area (Å²) in [6, 6.07) is 10.1. The van der Waals surface area contributed by atoms with Crippen LogP contribution in [0.3, 0.4) is 0 Å². The molecule has 2 aromatic rings. The zero-order valence-corrected chi connectivity index (χ0v) is 20.0. The van der Waals surface area contributed by atoms with E-state index in [-0.39, 0.29) is 29.9 Å². The van der Waals surface area contributed by atoms with Gasteiger partial charge in [0.1, 0.15) is 11.4 Å². The van der Waals surface area contributed by atoms with Gasteiger partial charge in [-0.25, -0.2) is 4.79 Å². The fraction of sp³-hybridized carbons (Fsp3) is 0.577. The number of nitrogens with zero attached hydrogens (tertiary/aromatic N) is 2. The molecule has 0 bridgehead atoms. The van der Waals surface area contributed by atoms with Gasteiger partial charge in [-0.3, -0.25) is 9.78 Å². The number of carbonyl (C=O) groups is 2. The average molecular weight is 441 g/mol. The van der Waals surface area contributed by atoms with Gasteiger partial charge in [-0.05, 0) is 70.2 Å². The van der Waals surface area contributed by atoms with E-state index in [1.807, 2.05) is 39.8 Å². The van der Waals surface area contributed by atoms with E-state index in [4.69, 9.17) is 9.47 Å². The molecule has 1 aromatic heterocycles. The quantitative estimate of drug-likeness (QED) is 0.566. The van der Waals surface area contributed by atoms with Gasteiger partial charge in [0.05, 0.1) is 17.7 Å². The maximum Gasteiger partial charge on any atom is 0.410 e. The van der Waals surface area contributed by atoms with E-state index < -0.39 is 5.60 Å². The maximum atomic E-state index is 13.0. The van der Waals surface area contributed by atoms with Crippen LogP contribution in [-0.4, -0.2) is 53.2 Å². The van der Waals surface area contributed by atoms with E-state index >= 15 is 0 Å². The Morgan fingerprint density at radius 1 is 1.25 bits per heavy atom. The summed E-state index contributed by atoms with van der Waals surface area (Å²) in [5.74, 6) is -0.107. The number of amides is 1. The fourth-order valence-electron chi connectivity index (χ4n) is 4.53. The minimum atomic E-state index is -0.549. The van der Waals surface area contributed by atoms with Gasteiger partial charge in [0.2, 0.25) is 0 Å². The summed E-state index contributed by atoms with van der Waals surface area (Å²) >= 11 is 0. The summed E-state index contributed by atoms with van der Waals surface area (Å²) < 4.78 is 11.3. The summed E-state index contributed by atoms with van der Waals surface area (Å²) in [6.45, 7) is 8.15. The highest BCUT2D eigenvalue weighted by atomic mass is 16.6. The Morgan fingerprint density at radius 3 is 2.75 bits per heavy atom. The number of carbonyl (C=O) groups excluding carboxylic acids is 2. The molecule has 32 heavy (non-hydrogen) atoms. The van der Waals surface area contributed by atoms with E-state index in [1.165, 1.54) is 5.56 Å². The number of hydrogen-bond acceptors (Lipinski definition) is 5. The number of fused-ring (bicyclic) bond motifs is 1. The number of rotatable bonds is 8. The second kappa shape index (κ2) is 10.4. The number of ketones is 1. The molecule has 0 spiro atoms. The van der Waals surface area contributed by atoms with Crippen molar-refractivity contribution in [1.82, 2.24) is 9.88 Å². The molecule has 0 N–H and O–H groups in total. The number of hydrogen-bond donors (Lipinski definition) is 0. The van der Waals surface area contributed by atoms with E-state index in [1.54, 1.807) is 18.2 Å². The molecule has 3 atom stereocenters. The molecule has 1 aromatic carbocycles. The number of aromatic nitrogens is 1. The topological polar surface area (TPSA) is 68.7 Å². The third-order valence-electron chi connectivity index (χ3n) is 6.14. The zero-order chi connectivity index (χ0) is 23.3. The van der Waals surface area contributed by atoms with E-state index in [2.05, 4.69) is 23.2 Å². The fourth-order valence-corrected chi connectivity index (χ4v) is 4.53. The second-order valence-electron chi connectivity index (χ2n) is 9.72. The van der Waals surface area contributed by atoms with Crippen LogP contribution < -0.4 is 0 Å². The Morgan fingerprint density at radius 2 is 2.03 bits per heavy atom. The zero-order valence-electron chi connectivity index (χ0n) is 20.0. The van der Waals surface area contributed by atoms with Crippen molar-refractivity contribution in [1.29, 1.82) is 0 Å². The van der Waals surface area contributed by atoms with Crippen LogP contribution in [0, 0.1) is 5.92 Å². The largest absolute Gasteiger partial charge is 0.444 e. The molecular formula is C26H36N2O4. The molecule has 1 amide bonds. The minimum Gasteiger partial charge on any atom is -0.444 e. The number of Topliss-reactive ketones (excluding diaryl/α,β-unsaturated/α-hetero) is 1. The third kappa shape index (κ3) is 6.06. The molecule has 0 saturated carbocycles. The molecule has 6 heteroatoms. The first kappa shape index (κ1) is 24.2. The van der Waals surface area contributed by atoms with Crippen molar-refractivity contribution in [3.63, 3.8) is 0 Å². The van der Waals surface area contributed by atoms with Crippen LogP contribution >= 0.6 is 0 Å². The summed E-state index contributed by atoms with van der Waals surface area (Å²) in [5.41, 5.74) is 1.64. The van der Waals surface area contributed by atoms with Gasteiger partial charge in [0.25, 0.3) is 0 Å². The van der Waals surface area contributed by atoms with Crippen LogP contribution in [0.4, 0.5) is 4.79 Å². The van der Waals surface area contributed by atoms with Gasteiger partial charge in [0.15, 0.2) is 0 Å². The van der Waals surface area contributed by atoms with Crippen molar-refractivity contribution >= 4 is 22.8 Å². The lowest BCUT2D eigenvalue weighted by atomic mass is 9.89. The lowest BCUT2D eigenvalue weighted by molar-refractivity contribution is -0.128. The van der Waals surface area contributed by atoms with Crippen LogP contribution in [-0.2, 0) is 20.7 Å². The number of pyridine rings is 1. The number of aryl methyl sites for hydroxylation is 1. The molecule has 0 unspecified atom stereocenters. The van der Waals surface area contributed by atoms with E-state index in [0.717, 1.165) is 36.6 Å². The normalized spacial score (nSPS) is 18.5. The van der Waals surface area contributed by atoms with Gasteiger partial charge in [-0.2, -0.15) is 0 Å². The van der Waals surface area contributed by atoms with Crippen LogP contribution in [0.5, 0.6) is 0 Å². The molecule has 1 fully saturated rings. The summed E-state index contributed by atoms with van der Waals surface area (Å²) in [4.78, 5) is 31.7. The van der Waals surface area contributed by atoms with Gasteiger partial charge < -0.3 is 14.4 Å². The van der Waals surface area contributed by atoms with Crippen LogP contribution in [0.2, 0.25) is 0 Å². The van der Waals surface area contributed by atoms with Gasteiger partial charge in [-0.1, -0.05) is 19.1 Å². The highest BCUT2D eigenvalue weighted by Gasteiger charge is 2.40. The molecule has 1 aliphatic rings. The first-order chi connectivity index (χ1) is 15.2. The first-order valence-corrected chi connectivity index (χ1v) is 11.6. The van der Waals surface area contributed by atoms with Crippen LogP contribution in [0.15, 0.2) is 36.5 Å². The molecule has 2 heterocycles. The third-order valence-corrected chi connectivity index (χ3v) is 6.14. The van der Waals surface area contributed by atoms with Crippen LogP contribution in [0.1, 0.15) is 58.9 Å². The summed E-state index contributed by atoms with van der Waals surface area (Å²) in [7, 11) is 1.63. The van der Waals surface area contributed by atoms with Crippen molar-refractivity contribution in [3.05, 3.63) is 42.1 Å². The monoisotopic (exact) mass is 440 g/mol. The van der Waals surface area contributed by atoms with Gasteiger partial charge in [0, 0.05) is 37.6 Å². The van der Waals surface area contributed by atoms with Crippen LogP contribution in [0.25, 0.3) is 10.9 Å². The van der Waals surface area contributed by atoms with Crippen molar-refractivity contribution in [2.45, 2.75) is 77.5 Å². The highest BCUT2D eigenvalue weighted by Crippen LogP contribution is 2.29. The molecule has 3 rings (SSSR count). The highest BCUT2D eigenvalue weighted by molar-refractivity contribution is 5.82. The molecule has 174 valence electrons. The standard InChI is InChI=1S/C26H36N2O4/c1-18(24(31-5)22-11-8-16-28(22)25(30)32-26(2,3)4)23(29)12-6-9-19-13-14-21-20(17-19)10-7-15-27-21/h7,10,13-15,17-18,22,24H,6,8-9,11-12,16H2,1-5H3/t18-,22-,24+/m0/s1. The Balaban J connectivity index is 1.57. The second-order valence-corrected chi connectivity index (χ2v) is 9.72. The molecule has 6 nitrogen and oxygen atoms in total. The maximum absolute atomic E-state index is 13.0. The molecular weight excluding hydrogens is 404 g/mol. The lowest BCUT2D eigenvalue weighted by Crippen LogP contribution is -2.49. The van der Waals surface area contributed by atoms with Crippen molar-refractivity contribution in [2.75, 3.05) is 13.7 Å². The number of benzene rings is 1. The summed E-state index contributed by atoms with van der Waals surface area (Å²) in [6.07, 6.45) is 4.97. The smallest absolute Gasteiger partial charge is 0.410 e. The van der Waals surface area contributed by atoms with Crippen molar-refractivity contribution < 1.29 is 19.1 Å². The number of ether oxygens (including phenoxy) is 2. The summed E-state index contributed by atoms with van der Waals surface area (Å²) in [5, 5.41) is 1.12. The lowest BCUT2D eigenvalue weighted by Gasteiger charge is -2.34. The number of methoxy groups -OCH3 is 1. The molecule has 1 aliphatic heterocycles. The Hall–Kier alpha value is -2.47. The van der Waals surface area contributed by atoms with Crippen molar-refractivity contribution in [2.24, 2.45) is 5.92 Å². The number of likely N-dealkylation sites (tertiary alicyclic amines) is 1. The van der Waals surface area contributed by atoms with Crippen molar-refractivity contribution in [3.8, 4) is 0 Å². The SMILES string of the molecule is CO[C@H]([C@@H](C)C(=O)CCCc1ccc2ncccc2c1)[C@@H]1CCCN1C(=O)OC(C)(C)C. The Labute approximate surface area is 191 Å². The first-order valence-electron chi connectivity index (χ1n) is 11.6. The predicted octanol–water partition coefficient (Wildman–Crippen LogP) is 5.18. The Bertz CT molecular complexity index is 937.